The molecule has 1 saturated heterocycles. The molecule has 1 rings (SSSR count). The standard InChI is InChI=1S/C23H41NO4/c1-18(21(26)20-22(27)19(2)24(3)23(20)28)16-14-12-10-8-6-4-5-7-9-11-13-15-17-25/h18-19,25-26H,4-17H2,1-3H3/b21-20+/t18-,19-/m0/s1. The molecule has 2 atom stereocenters. The molecular formula is C23H41NO4. The number of hydrogen-bond donors (Lipinski definition) is 2. The molecule has 0 aromatic rings. The van der Waals surface area contributed by atoms with Gasteiger partial charge in [0.25, 0.3) is 5.91 Å². The maximum Gasteiger partial charge on any atom is 0.261 e. The number of likely N-dealkylation sites (tertiary alicyclic amines) is 1. The molecule has 0 saturated carbocycles. The SMILES string of the molecule is C[C@@H](CCCCCCCCCCCCCCO)/C(O)=C1/C(=O)[C@H](C)N(C)C1=O. The van der Waals surface area contributed by atoms with E-state index in [-0.39, 0.29) is 28.9 Å². The first kappa shape index (κ1) is 24.7. The number of aliphatic hydroxyl groups is 2. The number of allylic oxidation sites excluding steroid dienone is 1. The Labute approximate surface area is 171 Å². The van der Waals surface area contributed by atoms with E-state index in [1.807, 2.05) is 6.92 Å². The minimum Gasteiger partial charge on any atom is -0.511 e. The fourth-order valence-corrected chi connectivity index (χ4v) is 3.79. The molecule has 0 aromatic carbocycles. The molecule has 0 radical (unpaired) electrons. The van der Waals surface area contributed by atoms with Crippen LogP contribution in [-0.2, 0) is 9.59 Å². The van der Waals surface area contributed by atoms with Crippen molar-refractivity contribution in [2.24, 2.45) is 5.92 Å². The molecule has 1 amide bonds. The predicted octanol–water partition coefficient (Wildman–Crippen LogP) is 4.93. The third kappa shape index (κ3) is 7.94. The Morgan fingerprint density at radius 1 is 0.893 bits per heavy atom. The molecule has 0 aliphatic carbocycles. The molecule has 1 heterocycles. The number of amides is 1. The molecule has 5 nitrogen and oxygen atoms in total. The first-order chi connectivity index (χ1) is 13.4. The molecule has 1 aliphatic rings. The summed E-state index contributed by atoms with van der Waals surface area (Å²) in [5, 5.41) is 19.1. The van der Waals surface area contributed by atoms with Crippen LogP contribution in [0.3, 0.4) is 0 Å². The van der Waals surface area contributed by atoms with Crippen molar-refractivity contribution in [2.45, 2.75) is 103 Å². The molecule has 0 unspecified atom stereocenters. The number of carbonyl (C=O) groups excluding carboxylic acids is 2. The van der Waals surface area contributed by atoms with Gasteiger partial charge in [-0.15, -0.1) is 0 Å². The number of rotatable bonds is 15. The van der Waals surface area contributed by atoms with E-state index in [2.05, 4.69) is 0 Å². The second-order valence-electron chi connectivity index (χ2n) is 8.37. The van der Waals surface area contributed by atoms with E-state index in [4.69, 9.17) is 5.11 Å². The summed E-state index contributed by atoms with van der Waals surface area (Å²) in [6.07, 6.45) is 15.2. The van der Waals surface area contributed by atoms with Crippen LogP contribution in [0.15, 0.2) is 11.3 Å². The van der Waals surface area contributed by atoms with Gasteiger partial charge in [0.15, 0.2) is 5.78 Å². The summed E-state index contributed by atoms with van der Waals surface area (Å²) in [5.41, 5.74) is -0.00105. The maximum atomic E-state index is 12.2. The highest BCUT2D eigenvalue weighted by Crippen LogP contribution is 2.27. The van der Waals surface area contributed by atoms with Crippen LogP contribution in [0, 0.1) is 5.92 Å². The number of likely N-dealkylation sites (N-methyl/N-ethyl adjacent to an activating group) is 1. The Morgan fingerprint density at radius 2 is 1.32 bits per heavy atom. The zero-order valence-electron chi connectivity index (χ0n) is 18.2. The first-order valence-electron chi connectivity index (χ1n) is 11.3. The average molecular weight is 396 g/mol. The highest BCUT2D eigenvalue weighted by atomic mass is 16.3. The zero-order chi connectivity index (χ0) is 20.9. The number of Topliss-reactive ketones (excluding diaryl/α,β-unsaturated/α-hetero) is 1. The van der Waals surface area contributed by atoms with Crippen LogP contribution in [0.2, 0.25) is 0 Å². The second-order valence-corrected chi connectivity index (χ2v) is 8.37. The van der Waals surface area contributed by atoms with Gasteiger partial charge in [0.2, 0.25) is 0 Å². The number of hydrogen-bond acceptors (Lipinski definition) is 4. The third-order valence-electron chi connectivity index (χ3n) is 6.01. The minimum absolute atomic E-state index is 0.00105. The van der Waals surface area contributed by atoms with Gasteiger partial charge in [-0.05, 0) is 19.8 Å². The Balaban J connectivity index is 2.09. The summed E-state index contributed by atoms with van der Waals surface area (Å²) in [4.78, 5) is 25.7. The van der Waals surface area contributed by atoms with Gasteiger partial charge in [0, 0.05) is 19.6 Å². The van der Waals surface area contributed by atoms with Crippen LogP contribution < -0.4 is 0 Å². The van der Waals surface area contributed by atoms with Crippen molar-refractivity contribution in [3.8, 4) is 0 Å². The number of nitrogens with zero attached hydrogens (tertiary/aromatic N) is 1. The van der Waals surface area contributed by atoms with Crippen molar-refractivity contribution < 1.29 is 19.8 Å². The second kappa shape index (κ2) is 13.8. The summed E-state index contributed by atoms with van der Waals surface area (Å²) < 4.78 is 0. The Bertz CT molecular complexity index is 493. The van der Waals surface area contributed by atoms with E-state index in [1.54, 1.807) is 14.0 Å². The third-order valence-corrected chi connectivity index (χ3v) is 6.01. The highest BCUT2D eigenvalue weighted by Gasteiger charge is 2.41. The van der Waals surface area contributed by atoms with Gasteiger partial charge in [-0.2, -0.15) is 0 Å². The fraction of sp³-hybridized carbons (Fsp3) is 0.826. The fourth-order valence-electron chi connectivity index (χ4n) is 3.79. The summed E-state index contributed by atoms with van der Waals surface area (Å²) >= 11 is 0. The van der Waals surface area contributed by atoms with Crippen LogP contribution in [0.5, 0.6) is 0 Å². The normalized spacial score (nSPS) is 20.1. The van der Waals surface area contributed by atoms with Gasteiger partial charge in [-0.3, -0.25) is 9.59 Å². The van der Waals surface area contributed by atoms with E-state index < -0.39 is 6.04 Å². The number of aliphatic hydroxyl groups excluding tert-OH is 2. The Hall–Kier alpha value is -1.36. The van der Waals surface area contributed by atoms with Crippen molar-refractivity contribution in [1.82, 2.24) is 4.90 Å². The maximum absolute atomic E-state index is 12.2. The van der Waals surface area contributed by atoms with Crippen LogP contribution in [0.4, 0.5) is 0 Å². The average Bonchev–Trinajstić information content (AvgIpc) is 2.87. The summed E-state index contributed by atoms with van der Waals surface area (Å²) in [6.45, 7) is 3.91. The predicted molar refractivity (Wildman–Crippen MR) is 113 cm³/mol. The van der Waals surface area contributed by atoms with Crippen LogP contribution in [0.25, 0.3) is 0 Å². The molecule has 1 aliphatic heterocycles. The van der Waals surface area contributed by atoms with Gasteiger partial charge < -0.3 is 15.1 Å². The molecule has 2 N–H and O–H groups in total. The monoisotopic (exact) mass is 395 g/mol. The van der Waals surface area contributed by atoms with Crippen LogP contribution in [-0.4, -0.2) is 46.5 Å². The largest absolute Gasteiger partial charge is 0.511 e. The summed E-state index contributed by atoms with van der Waals surface area (Å²) in [5.74, 6) is -0.780. The van der Waals surface area contributed by atoms with Gasteiger partial charge in [-0.25, -0.2) is 0 Å². The van der Waals surface area contributed by atoms with Gasteiger partial charge in [0.05, 0.1) is 6.04 Å². The molecule has 0 spiro atoms. The quantitative estimate of drug-likeness (QED) is 0.178. The van der Waals surface area contributed by atoms with E-state index in [1.165, 1.54) is 56.3 Å². The topological polar surface area (TPSA) is 77.8 Å². The van der Waals surface area contributed by atoms with E-state index in [0.717, 1.165) is 32.1 Å². The van der Waals surface area contributed by atoms with E-state index in [9.17, 15) is 14.7 Å². The van der Waals surface area contributed by atoms with E-state index >= 15 is 0 Å². The van der Waals surface area contributed by atoms with Crippen molar-refractivity contribution >= 4 is 11.7 Å². The Morgan fingerprint density at radius 3 is 1.71 bits per heavy atom. The molecular weight excluding hydrogens is 354 g/mol. The number of unbranched alkanes of at least 4 members (excludes halogenated alkanes) is 11. The number of ketones is 1. The smallest absolute Gasteiger partial charge is 0.261 e. The molecule has 1 fully saturated rings. The zero-order valence-corrected chi connectivity index (χ0v) is 18.2. The van der Waals surface area contributed by atoms with Crippen LogP contribution >= 0.6 is 0 Å². The van der Waals surface area contributed by atoms with E-state index in [0.29, 0.717) is 6.61 Å². The first-order valence-corrected chi connectivity index (χ1v) is 11.3. The minimum atomic E-state index is -0.475. The van der Waals surface area contributed by atoms with Gasteiger partial charge in [-0.1, -0.05) is 77.6 Å². The summed E-state index contributed by atoms with van der Waals surface area (Å²) in [7, 11) is 1.60. The molecule has 162 valence electrons. The lowest BCUT2D eigenvalue weighted by atomic mass is 9.95. The molecule has 28 heavy (non-hydrogen) atoms. The lowest BCUT2D eigenvalue weighted by Crippen LogP contribution is -2.28. The molecule has 0 bridgehead atoms. The van der Waals surface area contributed by atoms with Crippen molar-refractivity contribution in [2.75, 3.05) is 13.7 Å². The van der Waals surface area contributed by atoms with Crippen LogP contribution in [0.1, 0.15) is 97.3 Å². The Kier molecular flexibility index (Phi) is 12.1. The van der Waals surface area contributed by atoms with Crippen molar-refractivity contribution in [3.63, 3.8) is 0 Å². The van der Waals surface area contributed by atoms with Gasteiger partial charge in [0.1, 0.15) is 11.3 Å². The lowest BCUT2D eigenvalue weighted by molar-refractivity contribution is -0.125. The van der Waals surface area contributed by atoms with Crippen molar-refractivity contribution in [3.05, 3.63) is 11.3 Å². The van der Waals surface area contributed by atoms with Gasteiger partial charge >= 0.3 is 0 Å². The summed E-state index contributed by atoms with van der Waals surface area (Å²) in [6, 6.07) is -0.475. The highest BCUT2D eigenvalue weighted by molar-refractivity contribution is 6.26. The molecule has 5 heteroatoms. The number of carbonyl (C=O) groups is 2. The molecule has 0 aromatic heterocycles. The lowest BCUT2D eigenvalue weighted by Gasteiger charge is -2.13. The van der Waals surface area contributed by atoms with Crippen molar-refractivity contribution in [1.29, 1.82) is 0 Å².